The smallest absolute Gasteiger partial charge is 0.191 e. The highest BCUT2D eigenvalue weighted by Gasteiger charge is 2.48. The van der Waals surface area contributed by atoms with Crippen molar-refractivity contribution >= 4 is 35.6 Å². The van der Waals surface area contributed by atoms with E-state index < -0.39 is 0 Å². The Morgan fingerprint density at radius 2 is 2.21 bits per heavy atom. The number of rotatable bonds is 4. The van der Waals surface area contributed by atoms with Crippen LogP contribution >= 0.6 is 24.0 Å². The van der Waals surface area contributed by atoms with Crippen molar-refractivity contribution in [1.82, 2.24) is 25.2 Å². The Labute approximate surface area is 159 Å². The Hall–Kier alpha value is -1.42. The van der Waals surface area contributed by atoms with Gasteiger partial charge in [0.25, 0.3) is 0 Å². The van der Waals surface area contributed by atoms with Crippen molar-refractivity contribution in [3.05, 3.63) is 30.2 Å². The van der Waals surface area contributed by atoms with Crippen molar-refractivity contribution in [3.63, 3.8) is 0 Å². The van der Waals surface area contributed by atoms with E-state index in [0.29, 0.717) is 18.7 Å². The molecule has 1 fully saturated rings. The number of ether oxygens (including phenoxy) is 1. The maximum atomic E-state index is 5.49. The summed E-state index contributed by atoms with van der Waals surface area (Å²) in [7, 11) is 3.54. The molecule has 2 aromatic heterocycles. The fourth-order valence-corrected chi connectivity index (χ4v) is 3.06. The summed E-state index contributed by atoms with van der Waals surface area (Å²) in [5.74, 6) is 1.62. The molecule has 0 aromatic carbocycles. The van der Waals surface area contributed by atoms with Gasteiger partial charge in [-0.25, -0.2) is 0 Å². The van der Waals surface area contributed by atoms with Crippen LogP contribution in [0.2, 0.25) is 0 Å². The van der Waals surface area contributed by atoms with Gasteiger partial charge in [0.05, 0.1) is 12.6 Å². The third kappa shape index (κ3) is 3.49. The predicted molar refractivity (Wildman–Crippen MR) is 105 cm³/mol. The molecule has 24 heavy (non-hydrogen) atoms. The minimum absolute atomic E-state index is 0. The summed E-state index contributed by atoms with van der Waals surface area (Å²) >= 11 is 0. The Morgan fingerprint density at radius 3 is 2.88 bits per heavy atom. The molecule has 7 nitrogen and oxygen atoms in total. The molecular weight excluding hydrogens is 419 g/mol. The summed E-state index contributed by atoms with van der Waals surface area (Å²) in [6.07, 6.45) is 3.23. The number of guanidine groups is 1. The van der Waals surface area contributed by atoms with Gasteiger partial charge in [-0.05, 0) is 18.6 Å². The zero-order valence-electron chi connectivity index (χ0n) is 14.5. The van der Waals surface area contributed by atoms with Gasteiger partial charge in [-0.3, -0.25) is 9.39 Å². The molecule has 2 unspecified atom stereocenters. The second-order valence-corrected chi connectivity index (χ2v) is 6.45. The number of aromatic nitrogens is 3. The zero-order valence-corrected chi connectivity index (χ0v) is 16.8. The maximum Gasteiger partial charge on any atom is 0.191 e. The highest BCUT2D eigenvalue weighted by atomic mass is 127. The summed E-state index contributed by atoms with van der Waals surface area (Å²) in [6.45, 7) is 4.98. The van der Waals surface area contributed by atoms with Crippen LogP contribution in [0.15, 0.2) is 29.4 Å². The first-order chi connectivity index (χ1) is 11.1. The van der Waals surface area contributed by atoms with Gasteiger partial charge in [0, 0.05) is 31.8 Å². The highest BCUT2D eigenvalue weighted by molar-refractivity contribution is 14.0. The van der Waals surface area contributed by atoms with Crippen LogP contribution in [0.3, 0.4) is 0 Å². The van der Waals surface area contributed by atoms with E-state index in [4.69, 9.17) is 4.74 Å². The van der Waals surface area contributed by atoms with Gasteiger partial charge >= 0.3 is 0 Å². The van der Waals surface area contributed by atoms with Crippen LogP contribution in [0.1, 0.15) is 26.1 Å². The maximum absolute atomic E-state index is 5.49. The molecule has 2 atom stereocenters. The first kappa shape index (κ1) is 18.9. The molecule has 1 saturated carbocycles. The standard InChI is InChI=1S/C16H24N6O.HI/c1-16(2)11(9-12(16)23-4)19-15(17-3)18-10-14-21-20-13-7-5-6-8-22(13)14;/h5-8,11-12H,9-10H2,1-4H3,(H2,17,18,19);1H. The molecule has 0 spiro atoms. The van der Waals surface area contributed by atoms with Crippen molar-refractivity contribution in [2.24, 2.45) is 10.4 Å². The number of halogens is 1. The third-order valence-electron chi connectivity index (χ3n) is 4.80. The molecular formula is C16H25IN6O. The van der Waals surface area contributed by atoms with E-state index in [0.717, 1.165) is 23.9 Å². The van der Waals surface area contributed by atoms with E-state index in [1.165, 1.54) is 0 Å². The molecule has 0 radical (unpaired) electrons. The van der Waals surface area contributed by atoms with Gasteiger partial charge in [-0.2, -0.15) is 0 Å². The Morgan fingerprint density at radius 1 is 1.42 bits per heavy atom. The molecule has 1 aliphatic carbocycles. The molecule has 0 aliphatic heterocycles. The molecule has 2 aromatic rings. The minimum Gasteiger partial charge on any atom is -0.381 e. The SMILES string of the molecule is CN=C(NCc1nnc2ccccn12)NC1CC(OC)C1(C)C.I. The normalized spacial score (nSPS) is 22.6. The van der Waals surface area contributed by atoms with Gasteiger partial charge in [-0.15, -0.1) is 34.2 Å². The van der Waals surface area contributed by atoms with Crippen LogP contribution in [0.4, 0.5) is 0 Å². The highest BCUT2D eigenvalue weighted by Crippen LogP contribution is 2.42. The molecule has 0 bridgehead atoms. The number of methoxy groups -OCH3 is 1. The first-order valence-corrected chi connectivity index (χ1v) is 7.85. The van der Waals surface area contributed by atoms with E-state index in [-0.39, 0.29) is 29.4 Å². The van der Waals surface area contributed by atoms with E-state index in [9.17, 15) is 0 Å². The summed E-state index contributed by atoms with van der Waals surface area (Å²) in [4.78, 5) is 4.30. The number of hydrogen-bond donors (Lipinski definition) is 2. The largest absolute Gasteiger partial charge is 0.381 e. The lowest BCUT2D eigenvalue weighted by Gasteiger charge is -2.51. The molecule has 2 N–H and O–H groups in total. The van der Waals surface area contributed by atoms with Crippen LogP contribution < -0.4 is 10.6 Å². The lowest BCUT2D eigenvalue weighted by molar-refractivity contribution is -0.0922. The number of pyridine rings is 1. The molecule has 0 saturated heterocycles. The average molecular weight is 444 g/mol. The van der Waals surface area contributed by atoms with Crippen LogP contribution in [-0.2, 0) is 11.3 Å². The molecule has 0 amide bonds. The zero-order chi connectivity index (χ0) is 16.4. The Bertz CT molecular complexity index is 713. The summed E-state index contributed by atoms with van der Waals surface area (Å²) in [5, 5.41) is 15.1. The molecule has 8 heteroatoms. The van der Waals surface area contributed by atoms with Crippen molar-refractivity contribution in [2.45, 2.75) is 39.0 Å². The fraction of sp³-hybridized carbons (Fsp3) is 0.562. The number of nitrogens with one attached hydrogen (secondary N) is 2. The van der Waals surface area contributed by atoms with Gasteiger partial charge in [-0.1, -0.05) is 19.9 Å². The van der Waals surface area contributed by atoms with E-state index in [1.54, 1.807) is 14.2 Å². The van der Waals surface area contributed by atoms with Crippen LogP contribution in [0.5, 0.6) is 0 Å². The van der Waals surface area contributed by atoms with Crippen molar-refractivity contribution in [2.75, 3.05) is 14.2 Å². The van der Waals surface area contributed by atoms with E-state index in [2.05, 4.69) is 39.7 Å². The van der Waals surface area contributed by atoms with Crippen molar-refractivity contribution < 1.29 is 4.74 Å². The third-order valence-corrected chi connectivity index (χ3v) is 4.80. The second-order valence-electron chi connectivity index (χ2n) is 6.45. The molecule has 1 aliphatic rings. The predicted octanol–water partition coefficient (Wildman–Crippen LogP) is 1.83. The lowest BCUT2D eigenvalue weighted by Crippen LogP contribution is -2.63. The number of hydrogen-bond acceptors (Lipinski definition) is 4. The van der Waals surface area contributed by atoms with Crippen LogP contribution in [0.25, 0.3) is 5.65 Å². The fourth-order valence-electron chi connectivity index (χ4n) is 3.06. The monoisotopic (exact) mass is 444 g/mol. The number of fused-ring (bicyclic) bond motifs is 1. The van der Waals surface area contributed by atoms with Crippen LogP contribution in [0, 0.1) is 5.41 Å². The van der Waals surface area contributed by atoms with Gasteiger partial charge in [0.2, 0.25) is 0 Å². The Kier molecular flexibility index (Phi) is 6.02. The van der Waals surface area contributed by atoms with E-state index >= 15 is 0 Å². The molecule has 2 heterocycles. The van der Waals surface area contributed by atoms with Gasteiger partial charge in [0.15, 0.2) is 17.4 Å². The average Bonchev–Trinajstić information content (AvgIpc) is 2.97. The lowest BCUT2D eigenvalue weighted by atomic mass is 9.64. The first-order valence-electron chi connectivity index (χ1n) is 7.85. The number of nitrogens with zero attached hydrogens (tertiary/aromatic N) is 4. The topological polar surface area (TPSA) is 75.8 Å². The summed E-state index contributed by atoms with van der Waals surface area (Å²) < 4.78 is 7.46. The van der Waals surface area contributed by atoms with Crippen molar-refractivity contribution in [3.8, 4) is 0 Å². The van der Waals surface area contributed by atoms with Gasteiger partial charge in [0.1, 0.15) is 0 Å². The number of aliphatic imine (C=N–C) groups is 1. The second kappa shape index (κ2) is 7.64. The summed E-state index contributed by atoms with van der Waals surface area (Å²) in [6, 6.07) is 6.20. The minimum atomic E-state index is 0. The summed E-state index contributed by atoms with van der Waals surface area (Å²) in [5.41, 5.74) is 0.934. The molecule has 132 valence electrons. The van der Waals surface area contributed by atoms with Gasteiger partial charge < -0.3 is 15.4 Å². The van der Waals surface area contributed by atoms with Crippen LogP contribution in [-0.4, -0.2) is 46.9 Å². The molecule has 3 rings (SSSR count). The quantitative estimate of drug-likeness (QED) is 0.428. The van der Waals surface area contributed by atoms with Crippen molar-refractivity contribution in [1.29, 1.82) is 0 Å². The Balaban J connectivity index is 0.00000208. The van der Waals surface area contributed by atoms with E-state index in [1.807, 2.05) is 28.8 Å².